The van der Waals surface area contributed by atoms with Gasteiger partial charge in [-0.2, -0.15) is 0 Å². The molecule has 5 heteroatoms. The van der Waals surface area contributed by atoms with Gasteiger partial charge < -0.3 is 15.9 Å². The second-order valence-corrected chi connectivity index (χ2v) is 4.02. The molecule has 1 aromatic carbocycles. The highest BCUT2D eigenvalue weighted by atomic mass is 16.5. The van der Waals surface area contributed by atoms with Crippen molar-refractivity contribution in [3.63, 3.8) is 0 Å². The van der Waals surface area contributed by atoms with Gasteiger partial charge in [0.1, 0.15) is 6.04 Å². The Kier molecular flexibility index (Phi) is 7.48. The molecule has 0 bridgehead atoms. The normalized spacial score (nSPS) is 12.3. The van der Waals surface area contributed by atoms with Crippen LogP contribution in [0.2, 0.25) is 0 Å². The third kappa shape index (κ3) is 5.11. The van der Waals surface area contributed by atoms with Crippen LogP contribution in [0, 0.1) is 0 Å². The van der Waals surface area contributed by atoms with Gasteiger partial charge in [0.2, 0.25) is 0 Å². The fourth-order valence-electron chi connectivity index (χ4n) is 1.60. The average molecular weight is 265 g/mol. The van der Waals surface area contributed by atoms with Crippen LogP contribution >= 0.6 is 0 Å². The van der Waals surface area contributed by atoms with Gasteiger partial charge >= 0.3 is 5.97 Å². The van der Waals surface area contributed by atoms with Crippen LogP contribution in [0.15, 0.2) is 30.5 Å². The number of carbonyl (C=O) groups is 1. The van der Waals surface area contributed by atoms with Crippen LogP contribution in [0.5, 0.6) is 0 Å². The number of hydrazine groups is 1. The molecule has 0 saturated carbocycles. The third-order valence-corrected chi connectivity index (χ3v) is 2.67. The Bertz CT molecular complexity index is 427. The summed E-state index contributed by atoms with van der Waals surface area (Å²) >= 11 is 0. The molecular formula is C14H23N3O2. The Balaban J connectivity index is 0.00000324. The largest absolute Gasteiger partial charge is 0.468 e. The van der Waals surface area contributed by atoms with Gasteiger partial charge in [-0.3, -0.25) is 10.6 Å². The molecule has 0 aromatic heterocycles. The van der Waals surface area contributed by atoms with Gasteiger partial charge in [0.25, 0.3) is 0 Å². The highest BCUT2D eigenvalue weighted by Gasteiger charge is 2.13. The number of carbonyl (C=O) groups excluding carboxylic acids is 1. The number of methoxy groups -OCH3 is 1. The van der Waals surface area contributed by atoms with Crippen molar-refractivity contribution in [3.8, 4) is 0 Å². The van der Waals surface area contributed by atoms with Gasteiger partial charge in [-0.1, -0.05) is 31.7 Å². The van der Waals surface area contributed by atoms with Crippen LogP contribution in [0.1, 0.15) is 25.5 Å². The Morgan fingerprint density at radius 2 is 2.00 bits per heavy atom. The van der Waals surface area contributed by atoms with Crippen molar-refractivity contribution < 1.29 is 9.53 Å². The zero-order valence-corrected chi connectivity index (χ0v) is 10.6. The predicted molar refractivity (Wildman–Crippen MR) is 77.8 cm³/mol. The van der Waals surface area contributed by atoms with E-state index >= 15 is 0 Å². The molecule has 0 aliphatic rings. The molecule has 0 spiro atoms. The monoisotopic (exact) mass is 265 g/mol. The van der Waals surface area contributed by atoms with Crippen LogP contribution in [0.25, 0.3) is 5.57 Å². The van der Waals surface area contributed by atoms with E-state index in [0.29, 0.717) is 6.42 Å². The van der Waals surface area contributed by atoms with E-state index in [2.05, 4.69) is 10.2 Å². The average Bonchev–Trinajstić information content (AvgIpc) is 2.38. The standard InChI is InChI=1S/C13H19N3O2.CH4/c1-9(8-16-15)11-5-3-10(4-6-11)7-12(14)13(17)18-2;/h3-6,8,12,16H,7,14-15H2,1-2H3;1H4/b9-8+;. The molecule has 106 valence electrons. The number of hydrogen-bond donors (Lipinski definition) is 3. The third-order valence-electron chi connectivity index (χ3n) is 2.67. The lowest BCUT2D eigenvalue weighted by Crippen LogP contribution is -2.33. The number of nitrogens with two attached hydrogens (primary N) is 2. The van der Waals surface area contributed by atoms with Gasteiger partial charge in [0.15, 0.2) is 0 Å². The number of ether oxygens (including phenoxy) is 1. The molecule has 0 saturated heterocycles. The molecule has 1 atom stereocenters. The van der Waals surface area contributed by atoms with E-state index in [1.807, 2.05) is 31.2 Å². The Morgan fingerprint density at radius 1 is 1.42 bits per heavy atom. The summed E-state index contributed by atoms with van der Waals surface area (Å²) in [4.78, 5) is 11.2. The van der Waals surface area contributed by atoms with Gasteiger partial charge in [0.05, 0.1) is 7.11 Å². The van der Waals surface area contributed by atoms with Crippen LogP contribution < -0.4 is 17.0 Å². The first-order valence-electron chi connectivity index (χ1n) is 5.64. The van der Waals surface area contributed by atoms with E-state index in [9.17, 15) is 4.79 Å². The molecule has 0 fully saturated rings. The molecule has 1 unspecified atom stereocenters. The van der Waals surface area contributed by atoms with E-state index in [1.54, 1.807) is 6.20 Å². The molecule has 0 aliphatic heterocycles. The first-order chi connectivity index (χ1) is 8.58. The van der Waals surface area contributed by atoms with Crippen molar-refractivity contribution in [2.75, 3.05) is 7.11 Å². The van der Waals surface area contributed by atoms with Crippen LogP contribution in [-0.4, -0.2) is 19.1 Å². The lowest BCUT2D eigenvalue weighted by Gasteiger charge is -2.10. The van der Waals surface area contributed by atoms with Gasteiger partial charge in [0, 0.05) is 6.20 Å². The van der Waals surface area contributed by atoms with Crippen LogP contribution in [-0.2, 0) is 16.0 Å². The topological polar surface area (TPSA) is 90.4 Å². The summed E-state index contributed by atoms with van der Waals surface area (Å²) in [6.45, 7) is 1.95. The number of allylic oxidation sites excluding steroid dienone is 1. The van der Waals surface area contributed by atoms with E-state index in [0.717, 1.165) is 16.7 Å². The maximum atomic E-state index is 11.2. The fraction of sp³-hybridized carbons (Fsp3) is 0.357. The SMILES string of the molecule is C.COC(=O)C(N)Cc1ccc(/C(C)=C/NN)cc1. The lowest BCUT2D eigenvalue weighted by atomic mass is 10.0. The smallest absolute Gasteiger partial charge is 0.322 e. The summed E-state index contributed by atoms with van der Waals surface area (Å²) in [6, 6.07) is 7.17. The minimum absolute atomic E-state index is 0. The highest BCUT2D eigenvalue weighted by molar-refractivity contribution is 5.75. The van der Waals surface area contributed by atoms with Crippen molar-refractivity contribution in [1.82, 2.24) is 5.43 Å². The summed E-state index contributed by atoms with van der Waals surface area (Å²) in [5, 5.41) is 0. The Hall–Kier alpha value is -1.85. The molecule has 1 aromatic rings. The summed E-state index contributed by atoms with van der Waals surface area (Å²) in [7, 11) is 1.33. The van der Waals surface area contributed by atoms with Crippen molar-refractivity contribution in [2.24, 2.45) is 11.6 Å². The van der Waals surface area contributed by atoms with E-state index in [1.165, 1.54) is 7.11 Å². The van der Waals surface area contributed by atoms with E-state index < -0.39 is 12.0 Å². The highest BCUT2D eigenvalue weighted by Crippen LogP contribution is 2.14. The maximum Gasteiger partial charge on any atom is 0.322 e. The second kappa shape index (κ2) is 8.29. The number of rotatable bonds is 5. The first kappa shape index (κ1) is 17.2. The maximum absolute atomic E-state index is 11.2. The molecular weight excluding hydrogens is 242 g/mol. The van der Waals surface area contributed by atoms with E-state index in [4.69, 9.17) is 11.6 Å². The van der Waals surface area contributed by atoms with Gasteiger partial charge in [-0.25, -0.2) is 0 Å². The molecule has 0 aliphatic carbocycles. The van der Waals surface area contributed by atoms with Crippen molar-refractivity contribution in [2.45, 2.75) is 26.8 Å². The number of benzene rings is 1. The zero-order chi connectivity index (χ0) is 13.5. The zero-order valence-electron chi connectivity index (χ0n) is 10.6. The van der Waals surface area contributed by atoms with Crippen LogP contribution in [0.4, 0.5) is 0 Å². The molecule has 19 heavy (non-hydrogen) atoms. The molecule has 0 heterocycles. The molecule has 5 N–H and O–H groups in total. The van der Waals surface area contributed by atoms with Crippen molar-refractivity contribution >= 4 is 11.5 Å². The summed E-state index contributed by atoms with van der Waals surface area (Å²) in [5.74, 6) is 4.82. The second-order valence-electron chi connectivity index (χ2n) is 4.02. The molecule has 1 rings (SSSR count). The first-order valence-corrected chi connectivity index (χ1v) is 5.64. The van der Waals surface area contributed by atoms with E-state index in [-0.39, 0.29) is 7.43 Å². The van der Waals surface area contributed by atoms with Crippen LogP contribution in [0.3, 0.4) is 0 Å². The number of hydrogen-bond acceptors (Lipinski definition) is 5. The summed E-state index contributed by atoms with van der Waals surface area (Å²) in [6.07, 6.45) is 2.18. The van der Waals surface area contributed by atoms with Gasteiger partial charge in [-0.15, -0.1) is 0 Å². The summed E-state index contributed by atoms with van der Waals surface area (Å²) in [5.41, 5.74) is 11.3. The lowest BCUT2D eigenvalue weighted by molar-refractivity contribution is -0.142. The molecule has 0 radical (unpaired) electrons. The predicted octanol–water partition coefficient (Wildman–Crippen LogP) is 1.19. The minimum atomic E-state index is -0.622. The Morgan fingerprint density at radius 3 is 2.47 bits per heavy atom. The number of esters is 1. The minimum Gasteiger partial charge on any atom is -0.468 e. The fourth-order valence-corrected chi connectivity index (χ4v) is 1.60. The van der Waals surface area contributed by atoms with Crippen molar-refractivity contribution in [1.29, 1.82) is 0 Å². The quantitative estimate of drug-likeness (QED) is 0.422. The van der Waals surface area contributed by atoms with Gasteiger partial charge in [-0.05, 0) is 30.0 Å². The summed E-state index contributed by atoms with van der Waals surface area (Å²) < 4.78 is 4.58. The Labute approximate surface area is 114 Å². The van der Waals surface area contributed by atoms with Crippen molar-refractivity contribution in [3.05, 3.63) is 41.6 Å². The molecule has 5 nitrogen and oxygen atoms in total. The number of nitrogens with one attached hydrogen (secondary N) is 1. The molecule has 0 amide bonds.